The molecule has 1 amide bonds. The van der Waals surface area contributed by atoms with Crippen LogP contribution in [0.25, 0.3) is 0 Å². The number of fused-ring (bicyclic) bond motifs is 3. The lowest BCUT2D eigenvalue weighted by Crippen LogP contribution is -2.40. The van der Waals surface area contributed by atoms with Gasteiger partial charge in [-0.25, -0.2) is 0 Å². The van der Waals surface area contributed by atoms with Gasteiger partial charge in [0, 0.05) is 18.7 Å². The molecule has 154 valence electrons. The Morgan fingerprint density at radius 1 is 0.900 bits per heavy atom. The summed E-state index contributed by atoms with van der Waals surface area (Å²) in [5.41, 5.74) is 2.09. The van der Waals surface area contributed by atoms with Crippen LogP contribution in [0.4, 0.5) is 5.69 Å². The molecule has 30 heavy (non-hydrogen) atoms. The van der Waals surface area contributed by atoms with Crippen LogP contribution in [0.1, 0.15) is 34.8 Å². The van der Waals surface area contributed by atoms with E-state index in [4.69, 9.17) is 18.9 Å². The maximum absolute atomic E-state index is 12.8. The summed E-state index contributed by atoms with van der Waals surface area (Å²) >= 11 is 0. The summed E-state index contributed by atoms with van der Waals surface area (Å²) in [4.78, 5) is 29.2. The summed E-state index contributed by atoms with van der Waals surface area (Å²) in [6.07, 6.45) is 1.99. The number of ketones is 1. The van der Waals surface area contributed by atoms with Gasteiger partial charge in [-0.15, -0.1) is 0 Å². The standard InChI is InChI=1S/C22H20N2O6/c25-21-14-9-19-20(28-7-6-27-19)10-16(14)24(22(21)26)11-23-5-1-2-15(23)13-3-4-17-18(8-13)30-12-29-17/h3-4,8-10,15H,1-2,5-7,11-12H2. The molecule has 4 aliphatic heterocycles. The van der Waals surface area contributed by atoms with Gasteiger partial charge in [-0.1, -0.05) is 6.07 Å². The average Bonchev–Trinajstić information content (AvgIpc) is 3.48. The summed E-state index contributed by atoms with van der Waals surface area (Å²) in [5.74, 6) is 1.58. The number of amides is 1. The van der Waals surface area contributed by atoms with Crippen molar-refractivity contribution >= 4 is 17.4 Å². The van der Waals surface area contributed by atoms with E-state index in [1.807, 2.05) is 18.2 Å². The van der Waals surface area contributed by atoms with Crippen LogP contribution in [-0.2, 0) is 4.79 Å². The number of benzene rings is 2. The number of Topliss-reactive ketones (excluding diaryl/α,β-unsaturated/α-hetero) is 1. The van der Waals surface area contributed by atoms with Crippen LogP contribution < -0.4 is 23.8 Å². The van der Waals surface area contributed by atoms with Crippen LogP contribution in [-0.4, -0.2) is 49.8 Å². The number of carbonyl (C=O) groups is 2. The van der Waals surface area contributed by atoms with Gasteiger partial charge in [0.1, 0.15) is 13.2 Å². The number of anilines is 1. The molecular weight excluding hydrogens is 388 g/mol. The summed E-state index contributed by atoms with van der Waals surface area (Å²) in [6.45, 7) is 2.31. The largest absolute Gasteiger partial charge is 0.486 e. The molecule has 0 saturated carbocycles. The van der Waals surface area contributed by atoms with Crippen LogP contribution in [0.15, 0.2) is 30.3 Å². The molecule has 8 heteroatoms. The molecule has 4 heterocycles. The van der Waals surface area contributed by atoms with Crippen LogP contribution in [0, 0.1) is 0 Å². The number of rotatable bonds is 3. The third kappa shape index (κ3) is 2.64. The monoisotopic (exact) mass is 408 g/mol. The molecule has 2 aromatic rings. The van der Waals surface area contributed by atoms with Crippen LogP contribution in [0.2, 0.25) is 0 Å². The molecule has 2 aromatic carbocycles. The van der Waals surface area contributed by atoms with E-state index in [2.05, 4.69) is 4.90 Å². The highest BCUT2D eigenvalue weighted by molar-refractivity contribution is 6.52. The highest BCUT2D eigenvalue weighted by Gasteiger charge is 2.40. The SMILES string of the molecule is O=C1C(=O)N(CN2CCCC2c2ccc3c(c2)OCO3)c2cc3c(cc21)OCCO3. The maximum Gasteiger partial charge on any atom is 0.300 e. The highest BCUT2D eigenvalue weighted by atomic mass is 16.7. The van der Waals surface area contributed by atoms with Crippen molar-refractivity contribution in [2.24, 2.45) is 0 Å². The molecule has 1 fully saturated rings. The Balaban J connectivity index is 1.30. The van der Waals surface area contributed by atoms with Gasteiger partial charge in [0.15, 0.2) is 23.0 Å². The molecule has 0 N–H and O–H groups in total. The van der Waals surface area contributed by atoms with E-state index >= 15 is 0 Å². The van der Waals surface area contributed by atoms with Gasteiger partial charge >= 0.3 is 5.91 Å². The second-order valence-electron chi connectivity index (χ2n) is 7.80. The molecule has 0 radical (unpaired) electrons. The van der Waals surface area contributed by atoms with Crippen LogP contribution >= 0.6 is 0 Å². The summed E-state index contributed by atoms with van der Waals surface area (Å²) < 4.78 is 22.2. The smallest absolute Gasteiger partial charge is 0.300 e. The van der Waals surface area contributed by atoms with Crippen molar-refractivity contribution in [2.45, 2.75) is 18.9 Å². The fourth-order valence-electron chi connectivity index (χ4n) is 4.65. The van der Waals surface area contributed by atoms with Gasteiger partial charge in [0.25, 0.3) is 5.78 Å². The Labute approximate surface area is 172 Å². The topological polar surface area (TPSA) is 77.5 Å². The Morgan fingerprint density at radius 3 is 2.53 bits per heavy atom. The van der Waals surface area contributed by atoms with E-state index < -0.39 is 11.7 Å². The van der Waals surface area contributed by atoms with Crippen LogP contribution in [0.5, 0.6) is 23.0 Å². The first-order valence-corrected chi connectivity index (χ1v) is 10.1. The van der Waals surface area contributed by atoms with Gasteiger partial charge in [-0.05, 0) is 36.6 Å². The van der Waals surface area contributed by atoms with E-state index in [0.717, 1.165) is 36.4 Å². The number of hydrogen-bond donors (Lipinski definition) is 0. The van der Waals surface area contributed by atoms with Gasteiger partial charge < -0.3 is 18.9 Å². The minimum Gasteiger partial charge on any atom is -0.486 e. The quantitative estimate of drug-likeness (QED) is 0.722. The van der Waals surface area contributed by atoms with Crippen molar-refractivity contribution in [3.05, 3.63) is 41.5 Å². The number of nitrogens with zero attached hydrogens (tertiary/aromatic N) is 2. The predicted molar refractivity (Wildman–Crippen MR) is 105 cm³/mol. The third-order valence-corrected chi connectivity index (χ3v) is 6.10. The molecule has 0 aliphatic carbocycles. The van der Waals surface area contributed by atoms with Crippen LogP contribution in [0.3, 0.4) is 0 Å². The van der Waals surface area contributed by atoms with Gasteiger partial charge in [0.2, 0.25) is 6.79 Å². The molecule has 6 rings (SSSR count). The van der Waals surface area contributed by atoms with Gasteiger partial charge in [0.05, 0.1) is 17.9 Å². The van der Waals surface area contributed by atoms with E-state index in [-0.39, 0.29) is 12.8 Å². The normalized spacial score (nSPS) is 22.0. The molecule has 8 nitrogen and oxygen atoms in total. The lowest BCUT2D eigenvalue weighted by molar-refractivity contribution is -0.114. The van der Waals surface area contributed by atoms with Crippen molar-refractivity contribution in [2.75, 3.05) is 38.1 Å². The molecule has 1 atom stereocenters. The fraction of sp³-hybridized carbons (Fsp3) is 0.364. The molecular formula is C22H20N2O6. The van der Waals surface area contributed by atoms with Crippen molar-refractivity contribution in [3.63, 3.8) is 0 Å². The van der Waals surface area contributed by atoms with E-state index in [1.165, 1.54) is 0 Å². The number of ether oxygens (including phenoxy) is 4. The minimum atomic E-state index is -0.510. The first-order valence-electron chi connectivity index (χ1n) is 10.1. The predicted octanol–water partition coefficient (Wildman–Crippen LogP) is 2.51. The first kappa shape index (κ1) is 17.6. The Morgan fingerprint density at radius 2 is 1.67 bits per heavy atom. The van der Waals surface area contributed by atoms with E-state index in [0.29, 0.717) is 42.6 Å². The zero-order valence-electron chi connectivity index (χ0n) is 16.3. The molecule has 0 spiro atoms. The fourth-order valence-corrected chi connectivity index (χ4v) is 4.65. The number of carbonyl (C=O) groups excluding carboxylic acids is 2. The minimum absolute atomic E-state index is 0.142. The Hall–Kier alpha value is -3.26. The van der Waals surface area contributed by atoms with Gasteiger partial charge in [-0.3, -0.25) is 19.4 Å². The second-order valence-corrected chi connectivity index (χ2v) is 7.80. The highest BCUT2D eigenvalue weighted by Crippen LogP contribution is 2.43. The first-order chi connectivity index (χ1) is 14.7. The zero-order chi connectivity index (χ0) is 20.2. The van der Waals surface area contributed by atoms with Crippen molar-refractivity contribution in [1.82, 2.24) is 4.90 Å². The number of hydrogen-bond acceptors (Lipinski definition) is 7. The maximum atomic E-state index is 12.8. The molecule has 1 unspecified atom stereocenters. The lowest BCUT2D eigenvalue weighted by Gasteiger charge is -2.30. The van der Waals surface area contributed by atoms with Gasteiger partial charge in [-0.2, -0.15) is 0 Å². The Kier molecular flexibility index (Phi) is 3.89. The second kappa shape index (κ2) is 6.63. The number of likely N-dealkylation sites (tertiary alicyclic amines) is 1. The van der Waals surface area contributed by atoms with Crippen molar-refractivity contribution in [3.8, 4) is 23.0 Å². The van der Waals surface area contributed by atoms with Crippen molar-refractivity contribution < 1.29 is 28.5 Å². The third-order valence-electron chi connectivity index (χ3n) is 6.10. The molecule has 4 aliphatic rings. The lowest BCUT2D eigenvalue weighted by atomic mass is 10.0. The van der Waals surface area contributed by atoms with E-state index in [9.17, 15) is 9.59 Å². The molecule has 0 aromatic heterocycles. The summed E-state index contributed by atoms with van der Waals surface area (Å²) in [6, 6.07) is 9.50. The van der Waals surface area contributed by atoms with Crippen molar-refractivity contribution in [1.29, 1.82) is 0 Å². The summed E-state index contributed by atoms with van der Waals surface area (Å²) in [7, 11) is 0. The van der Waals surface area contributed by atoms with E-state index in [1.54, 1.807) is 17.0 Å². The molecule has 0 bridgehead atoms. The summed E-state index contributed by atoms with van der Waals surface area (Å²) in [5, 5.41) is 0. The molecule has 1 saturated heterocycles. The average molecular weight is 408 g/mol. The zero-order valence-corrected chi connectivity index (χ0v) is 16.3. The Bertz CT molecular complexity index is 1070.